The summed E-state index contributed by atoms with van der Waals surface area (Å²) in [6.45, 7) is 18.2. The van der Waals surface area contributed by atoms with Crippen molar-refractivity contribution in [3.8, 4) is 0 Å². The van der Waals surface area contributed by atoms with E-state index in [4.69, 9.17) is 0 Å². The maximum atomic E-state index is 12.6. The Morgan fingerprint density at radius 3 is 2.17 bits per heavy atom. The third kappa shape index (κ3) is 4.49. The fourth-order valence-corrected chi connectivity index (χ4v) is 13.2. The highest BCUT2D eigenvalue weighted by Crippen LogP contribution is 2.73. The van der Waals surface area contributed by atoms with Crippen LogP contribution in [0.1, 0.15) is 113 Å². The molecular formula is C35H62O5. The van der Waals surface area contributed by atoms with E-state index in [9.17, 15) is 25.5 Å². The first-order chi connectivity index (χ1) is 18.6. The van der Waals surface area contributed by atoms with Crippen molar-refractivity contribution in [1.29, 1.82) is 0 Å². The van der Waals surface area contributed by atoms with Gasteiger partial charge in [-0.15, -0.1) is 0 Å². The maximum Gasteiger partial charge on any atom is 0.154 e. The van der Waals surface area contributed by atoms with E-state index >= 15 is 0 Å². The predicted molar refractivity (Wildman–Crippen MR) is 159 cm³/mol. The molecule has 0 aromatic heterocycles. The van der Waals surface area contributed by atoms with E-state index in [0.717, 1.165) is 44.9 Å². The van der Waals surface area contributed by atoms with Crippen molar-refractivity contribution in [1.82, 2.24) is 0 Å². The standard InChI is InChI=1S/C35H62O5/c1-9-22-14-25(23-11-10-12-24(13-23)32(39)40)26-16-33(6)17-34(7)15-18(2)27(21(5)36)31(38)35(34,8)20(4)29(33)30(37)28(26)19(22)3/h18-32,36-40H,9-17H2,1-8H3. The van der Waals surface area contributed by atoms with E-state index < -0.39 is 24.6 Å². The van der Waals surface area contributed by atoms with Gasteiger partial charge in [-0.1, -0.05) is 67.7 Å². The molecule has 0 amide bonds. The van der Waals surface area contributed by atoms with Crippen molar-refractivity contribution in [3.05, 3.63) is 0 Å². The Morgan fingerprint density at radius 1 is 0.900 bits per heavy atom. The summed E-state index contributed by atoms with van der Waals surface area (Å²) in [7, 11) is 0. The van der Waals surface area contributed by atoms with Gasteiger partial charge in [0.25, 0.3) is 0 Å². The Labute approximate surface area is 244 Å². The molecule has 0 aromatic rings. The molecule has 0 bridgehead atoms. The number of aliphatic hydroxyl groups excluding tert-OH is 4. The molecule has 0 aromatic carbocycles. The first kappa shape index (κ1) is 31.2. The summed E-state index contributed by atoms with van der Waals surface area (Å²) < 4.78 is 0. The minimum absolute atomic E-state index is 0.00699. The summed E-state index contributed by atoms with van der Waals surface area (Å²) in [6, 6.07) is 0. The second-order valence-corrected chi connectivity index (χ2v) is 16.9. The minimum Gasteiger partial charge on any atom is -0.393 e. The smallest absolute Gasteiger partial charge is 0.154 e. The van der Waals surface area contributed by atoms with E-state index in [1.165, 1.54) is 12.8 Å². The lowest BCUT2D eigenvalue weighted by molar-refractivity contribution is -0.282. The second-order valence-electron chi connectivity index (χ2n) is 16.9. The molecule has 17 unspecified atom stereocenters. The largest absolute Gasteiger partial charge is 0.393 e. The van der Waals surface area contributed by atoms with Gasteiger partial charge in [-0.2, -0.15) is 0 Å². The molecule has 5 rings (SSSR count). The summed E-state index contributed by atoms with van der Waals surface area (Å²) in [5.74, 6) is 3.17. The number of aliphatic hydroxyl groups is 5. The lowest BCUT2D eigenvalue weighted by Gasteiger charge is -2.72. The van der Waals surface area contributed by atoms with Gasteiger partial charge in [0, 0.05) is 17.3 Å². The molecule has 5 aliphatic carbocycles. The zero-order valence-corrected chi connectivity index (χ0v) is 26.8. The first-order valence-electron chi connectivity index (χ1n) is 17.0. The van der Waals surface area contributed by atoms with Gasteiger partial charge in [0.05, 0.1) is 18.3 Å². The number of hydrogen-bond donors (Lipinski definition) is 5. The van der Waals surface area contributed by atoms with Crippen molar-refractivity contribution in [2.24, 2.45) is 81.3 Å². The Morgan fingerprint density at radius 2 is 1.57 bits per heavy atom. The van der Waals surface area contributed by atoms with Crippen LogP contribution in [0.3, 0.4) is 0 Å². The molecule has 0 aliphatic heterocycles. The normalized spacial score (nSPS) is 57.6. The fourth-order valence-electron chi connectivity index (χ4n) is 13.2. The summed E-state index contributed by atoms with van der Waals surface area (Å²) in [4.78, 5) is 0. The molecule has 232 valence electrons. The fraction of sp³-hybridized carbons (Fsp3) is 1.00. The van der Waals surface area contributed by atoms with E-state index in [0.29, 0.717) is 29.6 Å². The zero-order chi connectivity index (χ0) is 29.5. The third-order valence-corrected chi connectivity index (χ3v) is 15.1. The molecule has 0 spiro atoms. The first-order valence-corrected chi connectivity index (χ1v) is 17.0. The molecule has 5 heteroatoms. The van der Waals surface area contributed by atoms with E-state index in [-0.39, 0.29) is 51.8 Å². The Balaban J connectivity index is 1.53. The number of fused-ring (bicyclic) bond motifs is 3. The molecule has 5 saturated carbocycles. The average Bonchev–Trinajstić information content (AvgIpc) is 2.86. The van der Waals surface area contributed by atoms with Crippen LogP contribution >= 0.6 is 0 Å². The van der Waals surface area contributed by atoms with Crippen LogP contribution in [0.15, 0.2) is 0 Å². The highest BCUT2D eigenvalue weighted by Gasteiger charge is 2.70. The quantitative estimate of drug-likeness (QED) is 0.277. The predicted octanol–water partition coefficient (Wildman–Crippen LogP) is 5.86. The highest BCUT2D eigenvalue weighted by atomic mass is 16.5. The summed E-state index contributed by atoms with van der Waals surface area (Å²) in [5.41, 5.74) is -0.436. The van der Waals surface area contributed by atoms with Gasteiger partial charge in [-0.05, 0) is 110 Å². The molecular weight excluding hydrogens is 500 g/mol. The Kier molecular flexibility index (Phi) is 8.40. The lowest BCUT2D eigenvalue weighted by Crippen LogP contribution is -2.70. The third-order valence-electron chi connectivity index (χ3n) is 15.1. The highest BCUT2D eigenvalue weighted by molar-refractivity contribution is 5.19. The van der Waals surface area contributed by atoms with Crippen molar-refractivity contribution < 1.29 is 25.5 Å². The van der Waals surface area contributed by atoms with Crippen LogP contribution in [-0.2, 0) is 0 Å². The van der Waals surface area contributed by atoms with Crippen LogP contribution in [-0.4, -0.2) is 50.1 Å². The summed E-state index contributed by atoms with van der Waals surface area (Å²) in [5, 5.41) is 55.5. The van der Waals surface area contributed by atoms with E-state index in [1.807, 2.05) is 6.92 Å². The Hall–Kier alpha value is -0.200. The van der Waals surface area contributed by atoms with Gasteiger partial charge in [0.2, 0.25) is 0 Å². The second kappa shape index (κ2) is 10.8. The van der Waals surface area contributed by atoms with Gasteiger partial charge in [0.15, 0.2) is 6.29 Å². The van der Waals surface area contributed by atoms with Crippen LogP contribution in [0.2, 0.25) is 0 Å². The molecule has 0 heterocycles. The van der Waals surface area contributed by atoms with Gasteiger partial charge < -0.3 is 25.5 Å². The Bertz CT molecular complexity index is 906. The van der Waals surface area contributed by atoms with Crippen molar-refractivity contribution in [2.75, 3.05) is 0 Å². The molecule has 5 nitrogen and oxygen atoms in total. The maximum absolute atomic E-state index is 12.6. The van der Waals surface area contributed by atoms with Crippen LogP contribution in [0.4, 0.5) is 0 Å². The topological polar surface area (TPSA) is 101 Å². The summed E-state index contributed by atoms with van der Waals surface area (Å²) in [6.07, 6.45) is 6.81. The monoisotopic (exact) mass is 562 g/mol. The molecule has 17 atom stereocenters. The van der Waals surface area contributed by atoms with Gasteiger partial charge in [0.1, 0.15) is 0 Å². The summed E-state index contributed by atoms with van der Waals surface area (Å²) >= 11 is 0. The lowest BCUT2D eigenvalue weighted by atomic mass is 9.33. The van der Waals surface area contributed by atoms with Crippen LogP contribution in [0.5, 0.6) is 0 Å². The van der Waals surface area contributed by atoms with Crippen molar-refractivity contribution >= 4 is 0 Å². The van der Waals surface area contributed by atoms with Crippen LogP contribution in [0, 0.1) is 81.3 Å². The van der Waals surface area contributed by atoms with E-state index in [1.54, 1.807) is 0 Å². The van der Waals surface area contributed by atoms with Crippen LogP contribution in [0.25, 0.3) is 0 Å². The van der Waals surface area contributed by atoms with Crippen molar-refractivity contribution in [2.45, 2.75) is 138 Å². The average molecular weight is 563 g/mol. The zero-order valence-electron chi connectivity index (χ0n) is 26.8. The van der Waals surface area contributed by atoms with Crippen LogP contribution < -0.4 is 0 Å². The molecule has 5 aliphatic rings. The molecule has 40 heavy (non-hydrogen) atoms. The van der Waals surface area contributed by atoms with Crippen molar-refractivity contribution in [3.63, 3.8) is 0 Å². The van der Waals surface area contributed by atoms with E-state index in [2.05, 4.69) is 48.5 Å². The molecule has 5 N–H and O–H groups in total. The minimum atomic E-state index is -1.22. The van der Waals surface area contributed by atoms with Gasteiger partial charge >= 0.3 is 0 Å². The number of rotatable bonds is 4. The molecule has 5 fully saturated rings. The molecule has 0 saturated heterocycles. The molecule has 0 radical (unpaired) electrons. The van der Waals surface area contributed by atoms with Gasteiger partial charge in [-0.25, -0.2) is 0 Å². The SMILES string of the molecule is CCC1CC(C2CCCC(C(O)O)C2)C2CC3(C)CC4(C)CC(C)C(C(C)O)C(O)C4(C)C(C)C3C(O)C2C1C. The van der Waals surface area contributed by atoms with Gasteiger partial charge in [-0.3, -0.25) is 0 Å². The number of hydrogen-bond acceptors (Lipinski definition) is 5.